The summed E-state index contributed by atoms with van der Waals surface area (Å²) in [6, 6.07) is 5.87. The first-order valence-electron chi connectivity index (χ1n) is 4.03. The molecule has 4 heteroatoms. The lowest BCUT2D eigenvalue weighted by Crippen LogP contribution is -2.28. The van der Waals surface area contributed by atoms with Crippen molar-refractivity contribution in [1.29, 1.82) is 0 Å². The third kappa shape index (κ3) is 3.11. The zero-order chi connectivity index (χ0) is 9.68. The Morgan fingerprint density at radius 2 is 2.31 bits per heavy atom. The van der Waals surface area contributed by atoms with Crippen LogP contribution in [0, 0.1) is 5.82 Å². The molecule has 0 aromatic heterocycles. The molecule has 70 valence electrons. The smallest absolute Gasteiger partial charge is 0.238 e. The van der Waals surface area contributed by atoms with Crippen LogP contribution in [0.3, 0.4) is 0 Å². The van der Waals surface area contributed by atoms with E-state index in [1.54, 1.807) is 19.1 Å². The summed E-state index contributed by atoms with van der Waals surface area (Å²) in [7, 11) is 0. The molecule has 0 fully saturated rings. The molecule has 0 saturated carbocycles. The Kier molecular flexibility index (Phi) is 3.25. The number of carbonyl (C=O) groups excluding carboxylic acids is 1. The van der Waals surface area contributed by atoms with Gasteiger partial charge in [0.2, 0.25) is 5.91 Å². The van der Waals surface area contributed by atoms with E-state index in [2.05, 4.69) is 10.9 Å². The topological polar surface area (TPSA) is 41.1 Å². The van der Waals surface area contributed by atoms with Crippen LogP contribution in [0.25, 0.3) is 0 Å². The number of benzene rings is 1. The number of carbonyl (C=O) groups is 1. The average Bonchev–Trinajstić information content (AvgIpc) is 2.14. The van der Waals surface area contributed by atoms with Gasteiger partial charge < -0.3 is 0 Å². The molecule has 1 amide bonds. The average molecular weight is 182 g/mol. The summed E-state index contributed by atoms with van der Waals surface area (Å²) < 4.78 is 12.6. The van der Waals surface area contributed by atoms with Gasteiger partial charge in [-0.2, -0.15) is 0 Å². The van der Waals surface area contributed by atoms with Crippen LogP contribution in [-0.4, -0.2) is 5.91 Å². The number of amides is 1. The van der Waals surface area contributed by atoms with E-state index in [9.17, 15) is 9.18 Å². The number of hydrogen-bond acceptors (Lipinski definition) is 2. The van der Waals surface area contributed by atoms with Gasteiger partial charge in [0.1, 0.15) is 5.82 Å². The summed E-state index contributed by atoms with van der Waals surface area (Å²) >= 11 is 0. The van der Waals surface area contributed by atoms with Crippen molar-refractivity contribution in [2.45, 2.75) is 13.3 Å². The van der Waals surface area contributed by atoms with Gasteiger partial charge in [-0.05, 0) is 18.2 Å². The van der Waals surface area contributed by atoms with E-state index in [0.717, 1.165) is 0 Å². The number of hydrogen-bond donors (Lipinski definition) is 2. The van der Waals surface area contributed by atoms with E-state index < -0.39 is 0 Å². The molecule has 1 aromatic carbocycles. The lowest BCUT2D eigenvalue weighted by Gasteiger charge is -2.06. The van der Waals surface area contributed by atoms with Crippen molar-refractivity contribution in [3.63, 3.8) is 0 Å². The van der Waals surface area contributed by atoms with Crippen LogP contribution in [-0.2, 0) is 4.79 Å². The molecule has 13 heavy (non-hydrogen) atoms. The fraction of sp³-hybridized carbons (Fsp3) is 0.222. The van der Waals surface area contributed by atoms with Crippen LogP contribution in [0.1, 0.15) is 13.3 Å². The Bertz CT molecular complexity index is 301. The number of halogens is 1. The first kappa shape index (κ1) is 9.51. The van der Waals surface area contributed by atoms with Crippen LogP contribution in [0.15, 0.2) is 24.3 Å². The maximum Gasteiger partial charge on any atom is 0.238 e. The molecule has 2 N–H and O–H groups in total. The normalized spacial score (nSPS) is 9.38. The molecule has 0 aliphatic heterocycles. The molecule has 0 atom stereocenters. The minimum absolute atomic E-state index is 0.135. The van der Waals surface area contributed by atoms with Crippen molar-refractivity contribution in [1.82, 2.24) is 5.43 Å². The number of hydrazine groups is 1. The standard InChI is InChI=1S/C9H11FN2O/c1-2-9(13)12-11-8-5-3-4-7(10)6-8/h3-6,11H,2H2,1H3,(H,12,13). The third-order valence-corrected chi connectivity index (χ3v) is 1.49. The summed E-state index contributed by atoms with van der Waals surface area (Å²) in [6.45, 7) is 1.74. The van der Waals surface area contributed by atoms with Gasteiger partial charge in [0.05, 0.1) is 5.69 Å². The molecule has 0 saturated heterocycles. The number of rotatable bonds is 3. The molecular weight excluding hydrogens is 171 g/mol. The second-order valence-corrected chi connectivity index (χ2v) is 2.54. The monoisotopic (exact) mass is 182 g/mol. The van der Waals surface area contributed by atoms with Crippen LogP contribution < -0.4 is 10.9 Å². The predicted molar refractivity (Wildman–Crippen MR) is 48.5 cm³/mol. The lowest BCUT2D eigenvalue weighted by atomic mass is 10.3. The molecule has 0 aliphatic rings. The van der Waals surface area contributed by atoms with E-state index in [1.165, 1.54) is 12.1 Å². The lowest BCUT2D eigenvalue weighted by molar-refractivity contribution is -0.120. The molecule has 1 rings (SSSR count). The summed E-state index contributed by atoms with van der Waals surface area (Å²) in [4.78, 5) is 10.8. The first-order valence-corrected chi connectivity index (χ1v) is 4.03. The zero-order valence-corrected chi connectivity index (χ0v) is 7.30. The summed E-state index contributed by atoms with van der Waals surface area (Å²) in [5.74, 6) is -0.472. The fourth-order valence-electron chi connectivity index (χ4n) is 0.797. The first-order chi connectivity index (χ1) is 6.22. The van der Waals surface area contributed by atoms with Gasteiger partial charge in [0, 0.05) is 6.42 Å². The van der Waals surface area contributed by atoms with E-state index in [0.29, 0.717) is 12.1 Å². The van der Waals surface area contributed by atoms with E-state index >= 15 is 0 Å². The fourth-order valence-corrected chi connectivity index (χ4v) is 0.797. The van der Waals surface area contributed by atoms with Crippen molar-refractivity contribution in [3.05, 3.63) is 30.1 Å². The van der Waals surface area contributed by atoms with E-state index in [4.69, 9.17) is 0 Å². The SMILES string of the molecule is CCC(=O)NNc1cccc(F)c1. The quantitative estimate of drug-likeness (QED) is 0.698. The summed E-state index contributed by atoms with van der Waals surface area (Å²) in [6.07, 6.45) is 0.391. The highest BCUT2D eigenvalue weighted by molar-refractivity contribution is 5.76. The Morgan fingerprint density at radius 1 is 1.54 bits per heavy atom. The van der Waals surface area contributed by atoms with Gasteiger partial charge in [-0.15, -0.1) is 0 Å². The van der Waals surface area contributed by atoms with Crippen molar-refractivity contribution < 1.29 is 9.18 Å². The van der Waals surface area contributed by atoms with Crippen LogP contribution in [0.4, 0.5) is 10.1 Å². The predicted octanol–water partition coefficient (Wildman–Crippen LogP) is 1.68. The molecule has 0 unspecified atom stereocenters. The number of nitrogens with one attached hydrogen (secondary N) is 2. The van der Waals surface area contributed by atoms with Gasteiger partial charge in [-0.25, -0.2) is 4.39 Å². The molecule has 0 bridgehead atoms. The highest BCUT2D eigenvalue weighted by Gasteiger charge is 1.96. The maximum absolute atomic E-state index is 12.6. The van der Waals surface area contributed by atoms with Crippen LogP contribution in [0.5, 0.6) is 0 Å². The van der Waals surface area contributed by atoms with Gasteiger partial charge in [-0.1, -0.05) is 13.0 Å². The van der Waals surface area contributed by atoms with Gasteiger partial charge in [-0.3, -0.25) is 15.6 Å². The highest BCUT2D eigenvalue weighted by Crippen LogP contribution is 2.07. The highest BCUT2D eigenvalue weighted by atomic mass is 19.1. The Hall–Kier alpha value is -1.58. The summed E-state index contributed by atoms with van der Waals surface area (Å²) in [5, 5.41) is 0. The Morgan fingerprint density at radius 3 is 2.92 bits per heavy atom. The molecule has 3 nitrogen and oxygen atoms in total. The molecule has 0 heterocycles. The molecule has 0 spiro atoms. The van der Waals surface area contributed by atoms with Crippen molar-refractivity contribution in [2.75, 3.05) is 5.43 Å². The van der Waals surface area contributed by atoms with E-state index in [-0.39, 0.29) is 11.7 Å². The molecule has 0 radical (unpaired) electrons. The van der Waals surface area contributed by atoms with Crippen molar-refractivity contribution in [2.24, 2.45) is 0 Å². The van der Waals surface area contributed by atoms with Crippen LogP contribution in [0.2, 0.25) is 0 Å². The minimum atomic E-state index is -0.337. The number of anilines is 1. The summed E-state index contributed by atoms with van der Waals surface area (Å²) in [5.41, 5.74) is 5.55. The largest absolute Gasteiger partial charge is 0.299 e. The van der Waals surface area contributed by atoms with Gasteiger partial charge in [0.25, 0.3) is 0 Å². The Labute approximate surface area is 75.9 Å². The molecule has 1 aromatic rings. The van der Waals surface area contributed by atoms with Crippen molar-refractivity contribution >= 4 is 11.6 Å². The molecular formula is C9H11FN2O. The molecule has 0 aliphatic carbocycles. The van der Waals surface area contributed by atoms with Gasteiger partial charge >= 0.3 is 0 Å². The maximum atomic E-state index is 12.6. The third-order valence-electron chi connectivity index (χ3n) is 1.49. The minimum Gasteiger partial charge on any atom is -0.299 e. The van der Waals surface area contributed by atoms with Gasteiger partial charge in [0.15, 0.2) is 0 Å². The zero-order valence-electron chi connectivity index (χ0n) is 7.30. The second-order valence-electron chi connectivity index (χ2n) is 2.54. The van der Waals surface area contributed by atoms with Crippen LogP contribution >= 0.6 is 0 Å². The second kappa shape index (κ2) is 4.45. The van der Waals surface area contributed by atoms with E-state index in [1.807, 2.05) is 0 Å². The Balaban J connectivity index is 2.50. The van der Waals surface area contributed by atoms with Crippen molar-refractivity contribution in [3.8, 4) is 0 Å².